The zero-order valence-electron chi connectivity index (χ0n) is 6.74. The Kier molecular flexibility index (Phi) is 2.71. The van der Waals surface area contributed by atoms with Crippen LogP contribution in [0, 0.1) is 0 Å². The van der Waals surface area contributed by atoms with E-state index in [2.05, 4.69) is 5.32 Å². The van der Waals surface area contributed by atoms with E-state index in [0.29, 0.717) is 0 Å². The van der Waals surface area contributed by atoms with Crippen molar-refractivity contribution in [1.29, 1.82) is 0 Å². The second kappa shape index (κ2) is 3.46. The average molecular weight is 210 g/mol. The first-order chi connectivity index (χ1) is 5.95. The van der Waals surface area contributed by atoms with Gasteiger partial charge >= 0.3 is 6.18 Å². The van der Waals surface area contributed by atoms with Crippen molar-refractivity contribution < 1.29 is 13.2 Å². The summed E-state index contributed by atoms with van der Waals surface area (Å²) in [7, 11) is 1.43. The molecule has 1 nitrogen and oxygen atoms in total. The number of nitrogens with one attached hydrogen (secondary N) is 1. The lowest BCUT2D eigenvalue weighted by molar-refractivity contribution is -0.136. The third kappa shape index (κ3) is 2.28. The van der Waals surface area contributed by atoms with Crippen molar-refractivity contribution in [3.8, 4) is 0 Å². The molecule has 0 heterocycles. The monoisotopic (exact) mass is 209 g/mol. The number of benzene rings is 1. The number of halogens is 4. The van der Waals surface area contributed by atoms with Crippen LogP contribution < -0.4 is 5.32 Å². The van der Waals surface area contributed by atoms with E-state index in [1.165, 1.54) is 19.2 Å². The summed E-state index contributed by atoms with van der Waals surface area (Å²) in [5.41, 5.74) is -0.723. The molecule has 0 spiro atoms. The first kappa shape index (κ1) is 10.2. The van der Waals surface area contributed by atoms with Crippen molar-refractivity contribution in [2.45, 2.75) is 6.18 Å². The van der Waals surface area contributed by atoms with Gasteiger partial charge in [0.05, 0.1) is 5.56 Å². The minimum atomic E-state index is -4.37. The third-order valence-corrected chi connectivity index (χ3v) is 1.79. The van der Waals surface area contributed by atoms with Crippen molar-refractivity contribution in [3.05, 3.63) is 28.8 Å². The van der Waals surface area contributed by atoms with Crippen LogP contribution in [0.3, 0.4) is 0 Å². The van der Waals surface area contributed by atoms with Gasteiger partial charge in [-0.2, -0.15) is 13.2 Å². The lowest BCUT2D eigenvalue weighted by Crippen LogP contribution is -2.08. The van der Waals surface area contributed by atoms with Crippen molar-refractivity contribution in [3.63, 3.8) is 0 Å². The van der Waals surface area contributed by atoms with E-state index < -0.39 is 11.7 Å². The molecule has 0 unspecified atom stereocenters. The summed E-state index contributed by atoms with van der Waals surface area (Å²) in [5, 5.41) is 2.53. The molecule has 5 heteroatoms. The average Bonchev–Trinajstić information content (AvgIpc) is 2.03. The first-order valence-electron chi connectivity index (χ1n) is 3.49. The molecule has 0 amide bonds. The fourth-order valence-electron chi connectivity index (χ4n) is 0.969. The summed E-state index contributed by atoms with van der Waals surface area (Å²) in [5.74, 6) is 0. The summed E-state index contributed by atoms with van der Waals surface area (Å²) in [6.45, 7) is 0. The van der Waals surface area contributed by atoms with E-state index in [0.717, 1.165) is 6.07 Å². The first-order valence-corrected chi connectivity index (χ1v) is 3.87. The molecule has 1 N–H and O–H groups in total. The maximum absolute atomic E-state index is 12.3. The Morgan fingerprint density at radius 1 is 1.31 bits per heavy atom. The smallest absolute Gasteiger partial charge is 0.388 e. The van der Waals surface area contributed by atoms with Gasteiger partial charge < -0.3 is 5.32 Å². The van der Waals surface area contributed by atoms with Gasteiger partial charge in [0.2, 0.25) is 0 Å². The molecule has 0 aliphatic heterocycles. The summed E-state index contributed by atoms with van der Waals surface area (Å²) in [4.78, 5) is 0. The van der Waals surface area contributed by atoms with Gasteiger partial charge in [-0.15, -0.1) is 0 Å². The molecular weight excluding hydrogens is 203 g/mol. The molecule has 0 aromatic heterocycles. The quantitative estimate of drug-likeness (QED) is 0.748. The summed E-state index contributed by atoms with van der Waals surface area (Å²) in [6, 6.07) is 3.60. The van der Waals surface area contributed by atoms with Gasteiger partial charge in [0.25, 0.3) is 0 Å². The largest absolute Gasteiger partial charge is 0.418 e. The summed E-state index contributed by atoms with van der Waals surface area (Å²) >= 11 is 5.45. The zero-order chi connectivity index (χ0) is 10.1. The Bertz CT molecular complexity index is 309. The highest BCUT2D eigenvalue weighted by atomic mass is 35.5. The van der Waals surface area contributed by atoms with Crippen LogP contribution in [0.2, 0.25) is 5.02 Å². The molecule has 0 atom stereocenters. The number of hydrogen-bond acceptors (Lipinski definition) is 1. The van der Waals surface area contributed by atoms with Crippen LogP contribution in [-0.4, -0.2) is 7.05 Å². The Balaban J connectivity index is 3.24. The lowest BCUT2D eigenvalue weighted by Gasteiger charge is -2.12. The van der Waals surface area contributed by atoms with E-state index in [-0.39, 0.29) is 10.7 Å². The molecular formula is C8H7ClF3N. The molecule has 0 saturated carbocycles. The van der Waals surface area contributed by atoms with Crippen molar-refractivity contribution in [1.82, 2.24) is 0 Å². The van der Waals surface area contributed by atoms with Crippen molar-refractivity contribution >= 4 is 17.3 Å². The normalized spacial score (nSPS) is 11.5. The Labute approximate surface area is 78.5 Å². The Morgan fingerprint density at radius 2 is 1.92 bits per heavy atom. The Morgan fingerprint density at radius 3 is 2.38 bits per heavy atom. The molecule has 1 rings (SSSR count). The molecule has 13 heavy (non-hydrogen) atoms. The van der Waals surface area contributed by atoms with Gasteiger partial charge in [-0.25, -0.2) is 0 Å². The fourth-order valence-corrected chi connectivity index (χ4v) is 1.14. The Hall–Kier alpha value is -0.900. The summed E-state index contributed by atoms with van der Waals surface area (Å²) < 4.78 is 37.0. The molecule has 0 fully saturated rings. The van der Waals surface area contributed by atoms with E-state index in [4.69, 9.17) is 11.6 Å². The van der Waals surface area contributed by atoms with Gasteiger partial charge in [-0.3, -0.25) is 0 Å². The number of alkyl halides is 3. The van der Waals surface area contributed by atoms with Crippen molar-refractivity contribution in [2.75, 3.05) is 12.4 Å². The second-order valence-corrected chi connectivity index (χ2v) is 2.87. The van der Waals surface area contributed by atoms with E-state index in [1.54, 1.807) is 0 Å². The van der Waals surface area contributed by atoms with E-state index in [1.807, 2.05) is 0 Å². The lowest BCUT2D eigenvalue weighted by atomic mass is 10.1. The molecule has 0 bridgehead atoms. The number of hydrogen-bond donors (Lipinski definition) is 1. The van der Waals surface area contributed by atoms with E-state index in [9.17, 15) is 13.2 Å². The predicted octanol–water partition coefficient (Wildman–Crippen LogP) is 3.40. The molecule has 1 aromatic rings. The van der Waals surface area contributed by atoms with Crippen LogP contribution in [-0.2, 0) is 6.18 Å². The highest BCUT2D eigenvalue weighted by molar-refractivity contribution is 6.30. The molecule has 1 aromatic carbocycles. The molecule has 72 valence electrons. The van der Waals surface area contributed by atoms with E-state index >= 15 is 0 Å². The van der Waals surface area contributed by atoms with Crippen LogP contribution in [0.25, 0.3) is 0 Å². The van der Waals surface area contributed by atoms with Gasteiger partial charge in [0, 0.05) is 17.8 Å². The number of anilines is 1. The van der Waals surface area contributed by atoms with Crippen LogP contribution in [0.4, 0.5) is 18.9 Å². The van der Waals surface area contributed by atoms with Crippen LogP contribution in [0.15, 0.2) is 18.2 Å². The van der Waals surface area contributed by atoms with Gasteiger partial charge in [-0.05, 0) is 18.2 Å². The number of rotatable bonds is 1. The van der Waals surface area contributed by atoms with Gasteiger partial charge in [0.1, 0.15) is 0 Å². The van der Waals surface area contributed by atoms with Crippen LogP contribution >= 0.6 is 11.6 Å². The fraction of sp³-hybridized carbons (Fsp3) is 0.250. The molecule has 0 aliphatic rings. The topological polar surface area (TPSA) is 12.0 Å². The standard InChI is InChI=1S/C8H7ClF3N/c1-13-7-3-2-5(9)4-6(7)8(10,11)12/h2-4,13H,1H3. The maximum Gasteiger partial charge on any atom is 0.418 e. The van der Waals surface area contributed by atoms with Gasteiger partial charge in [0.15, 0.2) is 0 Å². The third-order valence-electron chi connectivity index (χ3n) is 1.56. The molecule has 0 radical (unpaired) electrons. The predicted molar refractivity (Wildman–Crippen MR) is 46.0 cm³/mol. The van der Waals surface area contributed by atoms with Crippen LogP contribution in [0.5, 0.6) is 0 Å². The minimum Gasteiger partial charge on any atom is -0.388 e. The molecule has 0 aliphatic carbocycles. The highest BCUT2D eigenvalue weighted by Gasteiger charge is 2.33. The summed E-state index contributed by atoms with van der Waals surface area (Å²) in [6.07, 6.45) is -4.37. The SMILES string of the molecule is CNc1ccc(Cl)cc1C(F)(F)F. The maximum atomic E-state index is 12.3. The minimum absolute atomic E-state index is 0.0249. The van der Waals surface area contributed by atoms with Crippen LogP contribution in [0.1, 0.15) is 5.56 Å². The van der Waals surface area contributed by atoms with Gasteiger partial charge in [-0.1, -0.05) is 11.6 Å². The molecule has 0 saturated heterocycles. The van der Waals surface area contributed by atoms with Crippen molar-refractivity contribution in [2.24, 2.45) is 0 Å². The zero-order valence-corrected chi connectivity index (χ0v) is 7.50. The highest BCUT2D eigenvalue weighted by Crippen LogP contribution is 2.36. The second-order valence-electron chi connectivity index (χ2n) is 2.44.